The van der Waals surface area contributed by atoms with Crippen LogP contribution >= 0.6 is 0 Å². The standard InChI is InChI=1S/C34H42N6O5Si/c1-24(41)44-22-34(42)38-20-28-8-9-29(21-38)39(28)19-27-7-5-25-17-30(10-11-31(25)37-27)45-33-12-6-26(18-35-33)32-13-14-36-40(32)23-43-15-16-46(2,3)4/h5-7,10-14,17-18,28-29H,8-9,15-16,19-23H2,1-4H3. The molecule has 5 heterocycles. The number of likely N-dealkylation sites (tertiary alicyclic amines) is 1. The van der Waals surface area contributed by atoms with E-state index in [2.05, 4.69) is 46.8 Å². The van der Waals surface area contributed by atoms with Crippen LogP contribution in [0, 0.1) is 0 Å². The van der Waals surface area contributed by atoms with E-state index >= 15 is 0 Å². The van der Waals surface area contributed by atoms with E-state index in [-0.39, 0.29) is 24.6 Å². The Kier molecular flexibility index (Phi) is 9.48. The minimum atomic E-state index is -1.14. The van der Waals surface area contributed by atoms with Gasteiger partial charge in [0.25, 0.3) is 5.91 Å². The van der Waals surface area contributed by atoms with Crippen molar-refractivity contribution in [3.8, 4) is 22.9 Å². The van der Waals surface area contributed by atoms with Gasteiger partial charge in [-0.3, -0.25) is 19.5 Å². The van der Waals surface area contributed by atoms with Crippen molar-refractivity contribution in [1.29, 1.82) is 0 Å². The summed E-state index contributed by atoms with van der Waals surface area (Å²) in [4.78, 5) is 37.4. The number of amides is 1. The average Bonchev–Trinajstić information content (AvgIpc) is 3.57. The fraction of sp³-hybridized carbons (Fsp3) is 0.441. The molecule has 0 spiro atoms. The van der Waals surface area contributed by atoms with Crippen LogP contribution in [0.15, 0.2) is 60.9 Å². The Morgan fingerprint density at radius 3 is 2.52 bits per heavy atom. The first-order valence-electron chi connectivity index (χ1n) is 15.9. The second-order valence-corrected chi connectivity index (χ2v) is 19.0. The van der Waals surface area contributed by atoms with Gasteiger partial charge in [0, 0.05) is 82.7 Å². The van der Waals surface area contributed by atoms with Gasteiger partial charge in [-0.05, 0) is 55.3 Å². The molecule has 2 saturated heterocycles. The predicted molar refractivity (Wildman–Crippen MR) is 177 cm³/mol. The summed E-state index contributed by atoms with van der Waals surface area (Å²) in [6.45, 7) is 11.3. The van der Waals surface area contributed by atoms with E-state index in [1.54, 1.807) is 12.4 Å². The van der Waals surface area contributed by atoms with Crippen molar-refractivity contribution in [2.24, 2.45) is 0 Å². The Hall–Kier alpha value is -4.13. The molecule has 2 aliphatic heterocycles. The molecule has 242 valence electrons. The second-order valence-electron chi connectivity index (χ2n) is 13.3. The van der Waals surface area contributed by atoms with E-state index in [0.29, 0.717) is 31.4 Å². The van der Waals surface area contributed by atoms with Crippen LogP contribution in [0.2, 0.25) is 25.7 Å². The largest absolute Gasteiger partial charge is 0.456 e. The number of nitrogens with zero attached hydrogens (tertiary/aromatic N) is 6. The number of carbonyl (C=O) groups is 2. The van der Waals surface area contributed by atoms with Crippen molar-refractivity contribution >= 4 is 30.9 Å². The molecule has 12 heteroatoms. The highest BCUT2D eigenvalue weighted by Crippen LogP contribution is 2.32. The van der Waals surface area contributed by atoms with Crippen LogP contribution in [0.4, 0.5) is 0 Å². The van der Waals surface area contributed by atoms with E-state index in [1.165, 1.54) is 6.92 Å². The van der Waals surface area contributed by atoms with E-state index in [9.17, 15) is 9.59 Å². The number of hydrogen-bond acceptors (Lipinski definition) is 9. The maximum absolute atomic E-state index is 12.5. The van der Waals surface area contributed by atoms with Gasteiger partial charge in [-0.1, -0.05) is 25.7 Å². The molecular weight excluding hydrogens is 600 g/mol. The molecule has 3 aromatic heterocycles. The van der Waals surface area contributed by atoms with Crippen molar-refractivity contribution in [3.63, 3.8) is 0 Å². The van der Waals surface area contributed by atoms with Crippen LogP contribution in [0.3, 0.4) is 0 Å². The van der Waals surface area contributed by atoms with Crippen molar-refractivity contribution < 1.29 is 23.8 Å². The zero-order chi connectivity index (χ0) is 32.3. The Balaban J connectivity index is 1.05. The minimum Gasteiger partial charge on any atom is -0.456 e. The summed E-state index contributed by atoms with van der Waals surface area (Å²) in [6.07, 6.45) is 5.66. The normalized spacial score (nSPS) is 18.2. The number of aromatic nitrogens is 4. The highest BCUT2D eigenvalue weighted by atomic mass is 28.3. The highest BCUT2D eigenvalue weighted by Gasteiger charge is 2.41. The lowest BCUT2D eigenvalue weighted by molar-refractivity contribution is -0.151. The molecule has 46 heavy (non-hydrogen) atoms. The zero-order valence-corrected chi connectivity index (χ0v) is 28.0. The third kappa shape index (κ3) is 7.80. The van der Waals surface area contributed by atoms with Crippen LogP contribution in [0.1, 0.15) is 25.5 Å². The van der Waals surface area contributed by atoms with Gasteiger partial charge in [-0.15, -0.1) is 0 Å². The maximum atomic E-state index is 12.5. The number of carbonyl (C=O) groups excluding carboxylic acids is 2. The number of esters is 1. The lowest BCUT2D eigenvalue weighted by atomic mass is 10.1. The van der Waals surface area contributed by atoms with E-state index in [4.69, 9.17) is 19.2 Å². The molecule has 4 aromatic rings. The summed E-state index contributed by atoms with van der Waals surface area (Å²) >= 11 is 0. The van der Waals surface area contributed by atoms with Crippen LogP contribution in [0.25, 0.3) is 22.2 Å². The van der Waals surface area contributed by atoms with Gasteiger partial charge < -0.3 is 19.1 Å². The molecule has 0 N–H and O–H groups in total. The van der Waals surface area contributed by atoms with Crippen molar-refractivity contribution in [2.45, 2.75) is 70.8 Å². The smallest absolute Gasteiger partial charge is 0.303 e. The summed E-state index contributed by atoms with van der Waals surface area (Å²) in [5, 5.41) is 5.41. The topological polar surface area (TPSA) is 112 Å². The number of hydrogen-bond donors (Lipinski definition) is 0. The van der Waals surface area contributed by atoms with Crippen LogP contribution < -0.4 is 4.74 Å². The molecule has 0 aliphatic carbocycles. The fourth-order valence-corrected chi connectivity index (χ4v) is 6.87. The molecule has 2 unspecified atom stereocenters. The molecule has 2 aliphatic rings. The predicted octanol–water partition coefficient (Wildman–Crippen LogP) is 5.34. The number of ether oxygens (including phenoxy) is 3. The number of piperazine rings is 1. The van der Waals surface area contributed by atoms with Gasteiger partial charge >= 0.3 is 5.97 Å². The zero-order valence-electron chi connectivity index (χ0n) is 27.0. The van der Waals surface area contributed by atoms with Gasteiger partial charge in [0.15, 0.2) is 6.61 Å². The van der Waals surface area contributed by atoms with E-state index in [0.717, 1.165) is 59.9 Å². The Bertz CT molecular complexity index is 1670. The first-order chi connectivity index (χ1) is 22.1. The molecule has 2 fully saturated rings. The van der Waals surface area contributed by atoms with E-state index < -0.39 is 14.0 Å². The number of benzene rings is 1. The van der Waals surface area contributed by atoms with Gasteiger partial charge in [-0.2, -0.15) is 5.10 Å². The first kappa shape index (κ1) is 31.8. The molecule has 0 radical (unpaired) electrons. The summed E-state index contributed by atoms with van der Waals surface area (Å²) in [6, 6.07) is 17.5. The summed E-state index contributed by atoms with van der Waals surface area (Å²) in [5.41, 5.74) is 3.78. The van der Waals surface area contributed by atoms with Crippen LogP contribution in [-0.4, -0.2) is 87.9 Å². The maximum Gasteiger partial charge on any atom is 0.303 e. The highest BCUT2D eigenvalue weighted by molar-refractivity contribution is 6.76. The Morgan fingerprint density at radius 2 is 1.80 bits per heavy atom. The SMILES string of the molecule is CC(=O)OCC(=O)N1CC2CCC(C1)N2Cc1ccc2cc(Oc3ccc(-c4ccnn4COCC[Si](C)(C)C)cn3)ccc2n1. The van der Waals surface area contributed by atoms with Crippen molar-refractivity contribution in [1.82, 2.24) is 29.5 Å². The Morgan fingerprint density at radius 1 is 1.00 bits per heavy atom. The Labute approximate surface area is 270 Å². The molecule has 2 bridgehead atoms. The molecule has 1 amide bonds. The van der Waals surface area contributed by atoms with Gasteiger partial charge in [0.05, 0.1) is 16.9 Å². The van der Waals surface area contributed by atoms with Crippen molar-refractivity contribution in [3.05, 3.63) is 66.6 Å². The molecule has 1 aromatic carbocycles. The van der Waals surface area contributed by atoms with Crippen molar-refractivity contribution in [2.75, 3.05) is 26.3 Å². The minimum absolute atomic E-state index is 0.124. The third-order valence-electron chi connectivity index (χ3n) is 8.63. The average molecular weight is 643 g/mol. The first-order valence-corrected chi connectivity index (χ1v) is 19.6. The third-order valence-corrected chi connectivity index (χ3v) is 10.3. The van der Waals surface area contributed by atoms with Crippen LogP contribution in [-0.2, 0) is 32.3 Å². The summed E-state index contributed by atoms with van der Waals surface area (Å²) in [7, 11) is -1.14. The van der Waals surface area contributed by atoms with Gasteiger partial charge in [0.2, 0.25) is 5.88 Å². The van der Waals surface area contributed by atoms with Crippen LogP contribution in [0.5, 0.6) is 11.6 Å². The molecule has 6 rings (SSSR count). The molecule has 11 nitrogen and oxygen atoms in total. The lowest BCUT2D eigenvalue weighted by Crippen LogP contribution is -2.55. The fourth-order valence-electron chi connectivity index (χ4n) is 6.11. The molecular formula is C34H42N6O5Si. The molecule has 2 atom stereocenters. The molecule has 0 saturated carbocycles. The lowest BCUT2D eigenvalue weighted by Gasteiger charge is -2.40. The van der Waals surface area contributed by atoms with Gasteiger partial charge in [-0.25, -0.2) is 9.67 Å². The number of pyridine rings is 2. The quantitative estimate of drug-likeness (QED) is 0.115. The summed E-state index contributed by atoms with van der Waals surface area (Å²) < 4.78 is 18.8. The second kappa shape index (κ2) is 13.7. The summed E-state index contributed by atoms with van der Waals surface area (Å²) in [5.74, 6) is 0.638. The van der Waals surface area contributed by atoms with E-state index in [1.807, 2.05) is 46.0 Å². The monoisotopic (exact) mass is 642 g/mol. The number of rotatable bonds is 12. The van der Waals surface area contributed by atoms with Gasteiger partial charge in [0.1, 0.15) is 12.5 Å². The number of fused-ring (bicyclic) bond motifs is 3.